The van der Waals surface area contributed by atoms with Crippen molar-refractivity contribution in [3.05, 3.63) is 41.2 Å². The molecule has 1 heterocycles. The molecule has 0 bridgehead atoms. The SMILES string of the molecule is COc1cc(OC)c(NC(=O)Nc2ccc(C#N)nc2)cc1Cl. The minimum atomic E-state index is -0.504. The van der Waals surface area contributed by atoms with Crippen molar-refractivity contribution in [1.29, 1.82) is 5.26 Å². The summed E-state index contributed by atoms with van der Waals surface area (Å²) in [4.78, 5) is 15.9. The topological polar surface area (TPSA) is 96.3 Å². The Morgan fingerprint density at radius 3 is 2.52 bits per heavy atom. The third kappa shape index (κ3) is 4.02. The number of amides is 2. The Balaban J connectivity index is 2.13. The van der Waals surface area contributed by atoms with E-state index in [1.165, 1.54) is 32.5 Å². The molecule has 0 radical (unpaired) electrons. The van der Waals surface area contributed by atoms with Crippen LogP contribution in [0.3, 0.4) is 0 Å². The van der Waals surface area contributed by atoms with Crippen LogP contribution in [0.4, 0.5) is 16.2 Å². The van der Waals surface area contributed by atoms with Crippen LogP contribution in [0.1, 0.15) is 5.69 Å². The van der Waals surface area contributed by atoms with E-state index in [-0.39, 0.29) is 5.69 Å². The Morgan fingerprint density at radius 2 is 1.96 bits per heavy atom. The van der Waals surface area contributed by atoms with E-state index in [1.54, 1.807) is 12.1 Å². The molecule has 0 saturated heterocycles. The van der Waals surface area contributed by atoms with Crippen LogP contribution in [0.25, 0.3) is 0 Å². The summed E-state index contributed by atoms with van der Waals surface area (Å²) in [6.07, 6.45) is 1.39. The summed E-state index contributed by atoms with van der Waals surface area (Å²) in [5.74, 6) is 0.838. The number of urea groups is 1. The van der Waals surface area contributed by atoms with Crippen molar-refractivity contribution < 1.29 is 14.3 Å². The monoisotopic (exact) mass is 332 g/mol. The molecule has 1 aromatic carbocycles. The summed E-state index contributed by atoms with van der Waals surface area (Å²) in [6, 6.07) is 7.56. The van der Waals surface area contributed by atoms with Gasteiger partial charge in [0.2, 0.25) is 0 Å². The van der Waals surface area contributed by atoms with E-state index in [9.17, 15) is 4.79 Å². The van der Waals surface area contributed by atoms with Gasteiger partial charge in [0.05, 0.1) is 36.8 Å². The van der Waals surface area contributed by atoms with Crippen LogP contribution in [0.15, 0.2) is 30.5 Å². The van der Waals surface area contributed by atoms with Crippen LogP contribution in [0, 0.1) is 11.3 Å². The zero-order valence-corrected chi connectivity index (χ0v) is 13.1. The molecular weight excluding hydrogens is 320 g/mol. The second kappa shape index (κ2) is 7.33. The van der Waals surface area contributed by atoms with Crippen molar-refractivity contribution in [2.24, 2.45) is 0 Å². The summed E-state index contributed by atoms with van der Waals surface area (Å²) in [5, 5.41) is 14.2. The highest BCUT2D eigenvalue weighted by Crippen LogP contribution is 2.35. The van der Waals surface area contributed by atoms with E-state index in [4.69, 9.17) is 26.3 Å². The predicted octanol–water partition coefficient (Wildman–Crippen LogP) is 3.27. The standard InChI is InChI=1S/C15H13ClN4O3/c1-22-13-6-14(23-2)12(5-11(13)16)20-15(21)19-10-4-3-9(7-17)18-8-10/h3-6,8H,1-2H3,(H2,19,20,21). The number of nitrogens with zero attached hydrogens (tertiary/aromatic N) is 2. The van der Waals surface area contributed by atoms with Crippen molar-refractivity contribution >= 4 is 29.0 Å². The molecule has 2 rings (SSSR count). The van der Waals surface area contributed by atoms with Gasteiger partial charge in [-0.1, -0.05) is 11.6 Å². The molecule has 1 aromatic heterocycles. The Kier molecular flexibility index (Phi) is 5.23. The highest BCUT2D eigenvalue weighted by molar-refractivity contribution is 6.32. The maximum Gasteiger partial charge on any atom is 0.323 e. The number of rotatable bonds is 4. The molecule has 0 saturated carbocycles. The van der Waals surface area contributed by atoms with Gasteiger partial charge in [0.1, 0.15) is 23.3 Å². The number of nitriles is 1. The van der Waals surface area contributed by atoms with Crippen LogP contribution >= 0.6 is 11.6 Å². The Morgan fingerprint density at radius 1 is 1.22 bits per heavy atom. The summed E-state index contributed by atoms with van der Waals surface area (Å²) in [5.41, 5.74) is 1.09. The lowest BCUT2D eigenvalue weighted by molar-refractivity contribution is 0.262. The fourth-order valence-corrected chi connectivity index (χ4v) is 2.02. The number of anilines is 2. The largest absolute Gasteiger partial charge is 0.495 e. The molecule has 0 aliphatic carbocycles. The fourth-order valence-electron chi connectivity index (χ4n) is 1.78. The number of hydrogen-bond donors (Lipinski definition) is 2. The highest BCUT2D eigenvalue weighted by atomic mass is 35.5. The molecule has 2 N–H and O–H groups in total. The summed E-state index contributed by atoms with van der Waals surface area (Å²) < 4.78 is 10.3. The van der Waals surface area contributed by atoms with Crippen LogP contribution in [0.5, 0.6) is 11.5 Å². The zero-order valence-electron chi connectivity index (χ0n) is 12.4. The summed E-state index contributed by atoms with van der Waals surface area (Å²) >= 11 is 6.04. The molecule has 0 fully saturated rings. The van der Waals surface area contributed by atoms with Gasteiger partial charge >= 0.3 is 6.03 Å². The molecule has 8 heteroatoms. The molecule has 0 aliphatic heterocycles. The first kappa shape index (κ1) is 16.4. The third-order valence-electron chi connectivity index (χ3n) is 2.86. The van der Waals surface area contributed by atoms with Crippen LogP contribution < -0.4 is 20.1 Å². The van der Waals surface area contributed by atoms with E-state index in [0.717, 1.165) is 0 Å². The fraction of sp³-hybridized carbons (Fsp3) is 0.133. The number of carbonyl (C=O) groups is 1. The number of hydrogen-bond acceptors (Lipinski definition) is 5. The average molecular weight is 333 g/mol. The number of methoxy groups -OCH3 is 2. The first-order valence-corrected chi connectivity index (χ1v) is 6.81. The van der Waals surface area contributed by atoms with Gasteiger partial charge in [-0.3, -0.25) is 0 Å². The summed E-state index contributed by atoms with van der Waals surface area (Å²) in [7, 11) is 2.95. The molecule has 23 heavy (non-hydrogen) atoms. The van der Waals surface area contributed by atoms with Gasteiger partial charge in [-0.25, -0.2) is 9.78 Å². The normalized spacial score (nSPS) is 9.65. The molecule has 0 unspecified atom stereocenters. The van der Waals surface area contributed by atoms with Gasteiger partial charge in [-0.2, -0.15) is 5.26 Å². The highest BCUT2D eigenvalue weighted by Gasteiger charge is 2.12. The number of benzene rings is 1. The lowest BCUT2D eigenvalue weighted by Gasteiger charge is -2.13. The number of nitrogens with one attached hydrogen (secondary N) is 2. The van der Waals surface area contributed by atoms with Crippen molar-refractivity contribution in [3.8, 4) is 17.6 Å². The van der Waals surface area contributed by atoms with E-state index < -0.39 is 6.03 Å². The van der Waals surface area contributed by atoms with Crippen LogP contribution in [0.2, 0.25) is 5.02 Å². The Bertz CT molecular complexity index is 757. The first-order chi connectivity index (χ1) is 11.1. The Hall–Kier alpha value is -2.98. The number of pyridine rings is 1. The lowest BCUT2D eigenvalue weighted by atomic mass is 10.2. The van der Waals surface area contributed by atoms with E-state index in [1.807, 2.05) is 6.07 Å². The molecule has 0 aliphatic rings. The van der Waals surface area contributed by atoms with Crippen LogP contribution in [-0.4, -0.2) is 25.2 Å². The van der Waals surface area contributed by atoms with Gasteiger partial charge in [0, 0.05) is 6.07 Å². The van der Waals surface area contributed by atoms with E-state index in [0.29, 0.717) is 27.9 Å². The maximum absolute atomic E-state index is 12.0. The molecule has 7 nitrogen and oxygen atoms in total. The second-order valence-electron chi connectivity index (χ2n) is 4.31. The third-order valence-corrected chi connectivity index (χ3v) is 3.15. The minimum absolute atomic E-state index is 0.263. The number of aromatic nitrogens is 1. The maximum atomic E-state index is 12.0. The second-order valence-corrected chi connectivity index (χ2v) is 4.72. The quantitative estimate of drug-likeness (QED) is 0.895. The van der Waals surface area contributed by atoms with Crippen LogP contribution in [-0.2, 0) is 0 Å². The number of carbonyl (C=O) groups excluding carboxylic acids is 1. The van der Waals surface area contributed by atoms with Gasteiger partial charge < -0.3 is 20.1 Å². The van der Waals surface area contributed by atoms with Crippen molar-refractivity contribution in [2.45, 2.75) is 0 Å². The molecule has 0 atom stereocenters. The average Bonchev–Trinajstić information content (AvgIpc) is 2.55. The van der Waals surface area contributed by atoms with Crippen molar-refractivity contribution in [1.82, 2.24) is 4.98 Å². The van der Waals surface area contributed by atoms with Gasteiger partial charge in [0.15, 0.2) is 0 Å². The summed E-state index contributed by atoms with van der Waals surface area (Å²) in [6.45, 7) is 0. The Labute approximate surface area is 137 Å². The first-order valence-electron chi connectivity index (χ1n) is 6.43. The molecule has 2 amide bonds. The molecule has 118 valence electrons. The van der Waals surface area contributed by atoms with Gasteiger partial charge in [-0.05, 0) is 18.2 Å². The van der Waals surface area contributed by atoms with E-state index in [2.05, 4.69) is 15.6 Å². The van der Waals surface area contributed by atoms with Gasteiger partial charge in [0.25, 0.3) is 0 Å². The number of halogens is 1. The number of ether oxygens (including phenoxy) is 2. The zero-order chi connectivity index (χ0) is 16.8. The molecule has 2 aromatic rings. The lowest BCUT2D eigenvalue weighted by Crippen LogP contribution is -2.20. The smallest absolute Gasteiger partial charge is 0.323 e. The molecular formula is C15H13ClN4O3. The van der Waals surface area contributed by atoms with Crippen molar-refractivity contribution in [2.75, 3.05) is 24.9 Å². The van der Waals surface area contributed by atoms with E-state index >= 15 is 0 Å². The van der Waals surface area contributed by atoms with Crippen molar-refractivity contribution in [3.63, 3.8) is 0 Å². The predicted molar refractivity (Wildman–Crippen MR) is 86.1 cm³/mol. The minimum Gasteiger partial charge on any atom is -0.495 e. The van der Waals surface area contributed by atoms with Gasteiger partial charge in [-0.15, -0.1) is 0 Å². The molecule has 0 spiro atoms.